The summed E-state index contributed by atoms with van der Waals surface area (Å²) in [6.07, 6.45) is 13.5. The minimum atomic E-state index is -0.243. The number of fused-ring (bicyclic) bond motifs is 2. The molecule has 4 aliphatic rings. The molecule has 36 heavy (non-hydrogen) atoms. The average molecular weight is 481 g/mol. The largest absolute Gasteiger partial charge is 0.331 e. The Labute approximate surface area is 210 Å². The van der Waals surface area contributed by atoms with E-state index in [1.807, 2.05) is 15.8 Å². The molecule has 2 heterocycles. The monoisotopic (exact) mass is 480 g/mol. The minimum absolute atomic E-state index is 0.0258. The highest BCUT2D eigenvalue weighted by Crippen LogP contribution is 2.60. The zero-order valence-electron chi connectivity index (χ0n) is 20.2. The van der Waals surface area contributed by atoms with Gasteiger partial charge in [-0.3, -0.25) is 0 Å². The van der Waals surface area contributed by atoms with E-state index in [0.717, 1.165) is 50.0 Å². The zero-order chi connectivity index (χ0) is 24.3. The van der Waals surface area contributed by atoms with Crippen LogP contribution < -0.4 is 5.32 Å². The molecule has 2 aromatic carbocycles. The summed E-state index contributed by atoms with van der Waals surface area (Å²) < 4.78 is 15.4. The molecule has 1 saturated carbocycles. The van der Waals surface area contributed by atoms with E-state index in [-0.39, 0.29) is 23.3 Å². The summed E-state index contributed by atoms with van der Waals surface area (Å²) in [4.78, 5) is 15.0. The van der Waals surface area contributed by atoms with Crippen molar-refractivity contribution in [2.45, 2.75) is 43.6 Å². The van der Waals surface area contributed by atoms with E-state index in [9.17, 15) is 9.18 Å². The average Bonchev–Trinajstić information content (AvgIpc) is 3.49. The van der Waals surface area contributed by atoms with Gasteiger partial charge in [-0.15, -0.1) is 0 Å². The number of hydrogen-bond acceptors (Lipinski definition) is 2. The lowest BCUT2D eigenvalue weighted by Crippen LogP contribution is -2.48. The summed E-state index contributed by atoms with van der Waals surface area (Å²) in [5.74, 6) is 0.223. The molecule has 5 nitrogen and oxygen atoms in total. The van der Waals surface area contributed by atoms with Crippen molar-refractivity contribution < 1.29 is 9.18 Å². The molecular weight excluding hydrogens is 451 g/mol. The Hall–Kier alpha value is -3.67. The summed E-state index contributed by atoms with van der Waals surface area (Å²) in [7, 11) is 0. The fraction of sp³-hybridized carbons (Fsp3) is 0.333. The number of allylic oxidation sites excluding steroid dienone is 1. The molecule has 3 aromatic rings. The number of amides is 2. The zero-order valence-corrected chi connectivity index (χ0v) is 20.2. The third kappa shape index (κ3) is 3.20. The molecule has 1 unspecified atom stereocenters. The van der Waals surface area contributed by atoms with Crippen molar-refractivity contribution in [2.75, 3.05) is 13.1 Å². The van der Waals surface area contributed by atoms with Gasteiger partial charge in [-0.1, -0.05) is 42.0 Å². The number of halogens is 1. The second-order valence-electron chi connectivity index (χ2n) is 10.5. The van der Waals surface area contributed by atoms with E-state index in [0.29, 0.717) is 12.5 Å². The van der Waals surface area contributed by atoms with Crippen LogP contribution in [0.5, 0.6) is 0 Å². The topological polar surface area (TPSA) is 50.2 Å². The number of urea groups is 1. The molecule has 1 aromatic heterocycles. The molecule has 7 rings (SSSR count). The number of nitrogens with one attached hydrogen (secondary N) is 1. The highest BCUT2D eigenvalue weighted by atomic mass is 19.1. The second-order valence-corrected chi connectivity index (χ2v) is 10.5. The molecule has 182 valence electrons. The predicted octanol–water partition coefficient (Wildman–Crippen LogP) is 5.72. The lowest BCUT2D eigenvalue weighted by atomic mass is 9.58. The highest BCUT2D eigenvalue weighted by Gasteiger charge is 2.54. The molecule has 6 heteroatoms. The number of nitrogens with zero attached hydrogens (tertiary/aromatic N) is 3. The number of benzene rings is 2. The quantitative estimate of drug-likeness (QED) is 0.478. The van der Waals surface area contributed by atoms with Gasteiger partial charge in [-0.2, -0.15) is 5.10 Å². The Morgan fingerprint density at radius 3 is 2.81 bits per heavy atom. The van der Waals surface area contributed by atoms with E-state index < -0.39 is 0 Å². The predicted molar refractivity (Wildman–Crippen MR) is 137 cm³/mol. The van der Waals surface area contributed by atoms with Crippen LogP contribution >= 0.6 is 0 Å². The summed E-state index contributed by atoms with van der Waals surface area (Å²) in [6, 6.07) is 15.3. The van der Waals surface area contributed by atoms with Crippen LogP contribution in [-0.4, -0.2) is 33.8 Å². The first-order valence-corrected chi connectivity index (χ1v) is 13.0. The van der Waals surface area contributed by atoms with Gasteiger partial charge < -0.3 is 10.2 Å². The van der Waals surface area contributed by atoms with Crippen LogP contribution in [0.3, 0.4) is 0 Å². The molecule has 1 N–H and O–H groups in total. The minimum Gasteiger partial charge on any atom is -0.331 e. The van der Waals surface area contributed by atoms with Gasteiger partial charge in [0, 0.05) is 18.5 Å². The van der Waals surface area contributed by atoms with Crippen molar-refractivity contribution in [2.24, 2.45) is 5.92 Å². The summed E-state index contributed by atoms with van der Waals surface area (Å²) in [6.45, 7) is 1.46. The Bertz CT molecular complexity index is 1400. The standard InChI is InChI=1S/C30H29FN4O/c31-23-10-12-24(13-11-23)35-28-17-22-9-8-21-16-27(33-29(36)34-14-4-1-5-15-34)25-6-2-3-7-26(25)30(21,22)18-20(28)19-32-35/h1-4,6-7,10-13,17,19,21,27H,5,8-9,14-16,18H2,(H,33,36)/t21-,27?,30+/m1/s1. The van der Waals surface area contributed by atoms with Crippen molar-refractivity contribution in [3.05, 3.63) is 101 Å². The van der Waals surface area contributed by atoms with Crippen LogP contribution in [0.2, 0.25) is 0 Å². The molecule has 0 radical (unpaired) electrons. The molecule has 3 aliphatic carbocycles. The first-order chi connectivity index (χ1) is 17.6. The Morgan fingerprint density at radius 1 is 1.11 bits per heavy atom. The van der Waals surface area contributed by atoms with Crippen molar-refractivity contribution in [3.63, 3.8) is 0 Å². The van der Waals surface area contributed by atoms with Gasteiger partial charge in [-0.25, -0.2) is 13.9 Å². The van der Waals surface area contributed by atoms with Crippen molar-refractivity contribution >= 4 is 12.1 Å². The Morgan fingerprint density at radius 2 is 1.97 bits per heavy atom. The molecule has 0 bridgehead atoms. The fourth-order valence-electron chi connectivity index (χ4n) is 7.08. The van der Waals surface area contributed by atoms with Crippen molar-refractivity contribution in [1.82, 2.24) is 20.0 Å². The van der Waals surface area contributed by atoms with Gasteiger partial charge in [0.05, 0.1) is 23.6 Å². The molecule has 2 amide bonds. The van der Waals surface area contributed by atoms with E-state index in [1.54, 1.807) is 12.1 Å². The maximum absolute atomic E-state index is 13.5. The third-order valence-electron chi connectivity index (χ3n) is 8.75. The van der Waals surface area contributed by atoms with Crippen LogP contribution in [0.4, 0.5) is 9.18 Å². The molecule has 1 aliphatic heterocycles. The summed E-state index contributed by atoms with van der Waals surface area (Å²) >= 11 is 0. The summed E-state index contributed by atoms with van der Waals surface area (Å²) in [5, 5.41) is 8.09. The van der Waals surface area contributed by atoms with Crippen LogP contribution in [0.15, 0.2) is 72.5 Å². The first-order valence-electron chi connectivity index (χ1n) is 13.0. The van der Waals surface area contributed by atoms with Crippen molar-refractivity contribution in [1.29, 1.82) is 0 Å². The number of aromatic nitrogens is 2. The maximum Gasteiger partial charge on any atom is 0.318 e. The molecule has 0 saturated heterocycles. The van der Waals surface area contributed by atoms with Gasteiger partial charge in [0.15, 0.2) is 0 Å². The molecule has 1 spiro atoms. The van der Waals surface area contributed by atoms with Gasteiger partial charge in [0.25, 0.3) is 0 Å². The van der Waals surface area contributed by atoms with E-state index >= 15 is 0 Å². The van der Waals surface area contributed by atoms with Gasteiger partial charge >= 0.3 is 6.03 Å². The van der Waals surface area contributed by atoms with Crippen LogP contribution in [0.1, 0.15) is 54.1 Å². The summed E-state index contributed by atoms with van der Waals surface area (Å²) in [5.41, 5.74) is 7.23. The first kappa shape index (κ1) is 21.6. The van der Waals surface area contributed by atoms with E-state index in [4.69, 9.17) is 5.10 Å². The van der Waals surface area contributed by atoms with Gasteiger partial charge in [-0.05, 0) is 85.1 Å². The van der Waals surface area contributed by atoms with Crippen LogP contribution in [-0.2, 0) is 11.8 Å². The number of carbonyl (C=O) groups excluding carboxylic acids is 1. The lowest BCUT2D eigenvalue weighted by Gasteiger charge is -2.47. The highest BCUT2D eigenvalue weighted by molar-refractivity contribution is 5.76. The smallest absolute Gasteiger partial charge is 0.318 e. The van der Waals surface area contributed by atoms with Gasteiger partial charge in [0.2, 0.25) is 0 Å². The van der Waals surface area contributed by atoms with E-state index in [1.165, 1.54) is 34.4 Å². The number of carbonyl (C=O) groups is 1. The van der Waals surface area contributed by atoms with Gasteiger partial charge in [0.1, 0.15) is 5.82 Å². The molecule has 3 atom stereocenters. The Kier molecular flexibility index (Phi) is 4.91. The SMILES string of the molecule is O=C(NC1C[C@H]2CCC3=Cc4c(cnn4-c4ccc(F)cc4)C[C@@]32c2ccccc21)N1CC=CCC1. The molecule has 1 fully saturated rings. The van der Waals surface area contributed by atoms with Crippen LogP contribution in [0, 0.1) is 11.7 Å². The van der Waals surface area contributed by atoms with Crippen LogP contribution in [0.25, 0.3) is 11.8 Å². The van der Waals surface area contributed by atoms with Crippen molar-refractivity contribution in [3.8, 4) is 5.69 Å². The number of hydrogen-bond donors (Lipinski definition) is 1. The lowest BCUT2D eigenvalue weighted by molar-refractivity contribution is 0.189. The normalized spacial score (nSPS) is 25.9. The molecular formula is C30H29FN4O. The second kappa shape index (κ2) is 8.19. The fourth-order valence-corrected chi connectivity index (χ4v) is 7.08. The Balaban J connectivity index is 1.26. The third-order valence-corrected chi connectivity index (χ3v) is 8.75. The maximum atomic E-state index is 13.5. The van der Waals surface area contributed by atoms with E-state index in [2.05, 4.69) is 47.8 Å². The number of rotatable bonds is 2.